The van der Waals surface area contributed by atoms with Crippen molar-refractivity contribution >= 4 is 99.5 Å². The average molecular weight is 805 g/mol. The van der Waals surface area contributed by atoms with Gasteiger partial charge in [0, 0.05) is 78.0 Å². The first-order valence-corrected chi connectivity index (χ1v) is 21.6. The number of benzene rings is 9. The Kier molecular flexibility index (Phi) is 8.59. The molecular weight excluding hydrogens is 757 g/mol. The predicted octanol–water partition coefficient (Wildman–Crippen LogP) is 17.3. The van der Waals surface area contributed by atoms with E-state index in [0.717, 1.165) is 99.5 Å². The molecule has 0 aliphatic carbocycles. The van der Waals surface area contributed by atoms with Crippen LogP contribution in [0.3, 0.4) is 0 Å². The SMILES string of the molecule is CC(C)(C)c1ccc2c(N(c3ccccc3)c3ccc4c(c3)oc3ccccc34)c3cc(C(C)(C)C)ccc3c(N(c3ccccc3)c3ccc4c(c3)oc3ccccc34)c2c1. The van der Waals surface area contributed by atoms with Crippen molar-refractivity contribution in [3.8, 4) is 0 Å². The molecule has 4 nitrogen and oxygen atoms in total. The van der Waals surface area contributed by atoms with Gasteiger partial charge < -0.3 is 18.6 Å². The highest BCUT2D eigenvalue weighted by Gasteiger charge is 2.29. The summed E-state index contributed by atoms with van der Waals surface area (Å²) < 4.78 is 13.1. The van der Waals surface area contributed by atoms with Crippen LogP contribution in [0, 0.1) is 0 Å². The summed E-state index contributed by atoms with van der Waals surface area (Å²) in [5, 5.41) is 9.04. The van der Waals surface area contributed by atoms with Crippen LogP contribution < -0.4 is 9.80 Å². The van der Waals surface area contributed by atoms with E-state index in [4.69, 9.17) is 8.83 Å². The fraction of sp³-hybridized carbons (Fsp3) is 0.138. The second-order valence-electron chi connectivity index (χ2n) is 18.6. The Labute approximate surface area is 362 Å². The quantitative estimate of drug-likeness (QED) is 0.124. The number of nitrogens with zero attached hydrogens (tertiary/aromatic N) is 2. The summed E-state index contributed by atoms with van der Waals surface area (Å²) in [6.45, 7) is 13.8. The Balaban J connectivity index is 1.29. The summed E-state index contributed by atoms with van der Waals surface area (Å²) in [5.41, 5.74) is 12.2. The van der Waals surface area contributed by atoms with Crippen LogP contribution in [0.25, 0.3) is 65.4 Å². The van der Waals surface area contributed by atoms with Crippen molar-refractivity contribution in [3.63, 3.8) is 0 Å². The van der Waals surface area contributed by atoms with Crippen LogP contribution in [0.5, 0.6) is 0 Å². The summed E-state index contributed by atoms with van der Waals surface area (Å²) in [7, 11) is 0. The molecule has 0 amide bonds. The molecule has 9 aromatic carbocycles. The molecule has 0 N–H and O–H groups in total. The molecule has 0 saturated heterocycles. The van der Waals surface area contributed by atoms with Gasteiger partial charge in [-0.1, -0.05) is 139 Å². The van der Waals surface area contributed by atoms with E-state index >= 15 is 0 Å². The molecule has 0 atom stereocenters. The Morgan fingerprint density at radius 2 is 0.645 bits per heavy atom. The predicted molar refractivity (Wildman–Crippen MR) is 263 cm³/mol. The molecular formula is C58H48N2O2. The van der Waals surface area contributed by atoms with E-state index in [2.05, 4.69) is 221 Å². The number of fused-ring (bicyclic) bond motifs is 8. The molecule has 2 aromatic heterocycles. The van der Waals surface area contributed by atoms with Gasteiger partial charge in [-0.25, -0.2) is 0 Å². The van der Waals surface area contributed by atoms with Gasteiger partial charge in [0.15, 0.2) is 0 Å². The standard InChI is InChI=1S/C58H48N2O2/c1-57(2,3)37-25-29-47-49(33-37)55(59(39-17-9-7-10-18-39)41-27-31-45-43-21-13-15-23-51(43)61-53(45)35-41)48-30-26-38(58(4,5)6)34-50(48)56(47)60(40-19-11-8-12-20-40)42-28-32-46-44-22-14-16-24-52(44)62-54(46)36-42/h7-36H,1-6H3. The third kappa shape index (κ3) is 6.20. The number of anilines is 6. The van der Waals surface area contributed by atoms with E-state index in [1.54, 1.807) is 0 Å². The van der Waals surface area contributed by atoms with Crippen molar-refractivity contribution in [3.05, 3.63) is 193 Å². The van der Waals surface area contributed by atoms with Gasteiger partial charge in [-0.3, -0.25) is 0 Å². The van der Waals surface area contributed by atoms with Crippen LogP contribution >= 0.6 is 0 Å². The van der Waals surface area contributed by atoms with Crippen LogP contribution in [0.4, 0.5) is 34.1 Å². The molecule has 0 aliphatic rings. The van der Waals surface area contributed by atoms with E-state index in [9.17, 15) is 0 Å². The number of hydrogen-bond acceptors (Lipinski definition) is 4. The molecule has 4 heteroatoms. The van der Waals surface area contributed by atoms with Crippen LogP contribution in [-0.4, -0.2) is 0 Å². The van der Waals surface area contributed by atoms with Crippen molar-refractivity contribution in [1.82, 2.24) is 0 Å². The van der Waals surface area contributed by atoms with E-state index in [1.165, 1.54) is 11.1 Å². The third-order valence-electron chi connectivity index (χ3n) is 12.5. The maximum absolute atomic E-state index is 6.56. The Hall–Kier alpha value is -7.30. The number of rotatable bonds is 6. The van der Waals surface area contributed by atoms with Gasteiger partial charge in [0.1, 0.15) is 22.3 Å². The lowest BCUT2D eigenvalue weighted by Gasteiger charge is -2.34. The van der Waals surface area contributed by atoms with E-state index in [-0.39, 0.29) is 10.8 Å². The van der Waals surface area contributed by atoms with Crippen LogP contribution in [-0.2, 0) is 10.8 Å². The maximum atomic E-state index is 6.56. The van der Waals surface area contributed by atoms with Gasteiger partial charge in [0.2, 0.25) is 0 Å². The third-order valence-corrected chi connectivity index (χ3v) is 12.5. The van der Waals surface area contributed by atoms with Crippen molar-refractivity contribution in [1.29, 1.82) is 0 Å². The van der Waals surface area contributed by atoms with Crippen molar-refractivity contribution in [2.45, 2.75) is 52.4 Å². The summed E-state index contributed by atoms with van der Waals surface area (Å²) >= 11 is 0. The van der Waals surface area contributed by atoms with Crippen LogP contribution in [0.2, 0.25) is 0 Å². The molecule has 0 spiro atoms. The summed E-state index contributed by atoms with van der Waals surface area (Å²) in [5.74, 6) is 0. The highest BCUT2D eigenvalue weighted by Crippen LogP contribution is 2.53. The zero-order valence-corrected chi connectivity index (χ0v) is 36.0. The van der Waals surface area contributed by atoms with Crippen molar-refractivity contribution < 1.29 is 8.83 Å². The highest BCUT2D eigenvalue weighted by atomic mass is 16.3. The van der Waals surface area contributed by atoms with E-state index < -0.39 is 0 Å². The first-order valence-electron chi connectivity index (χ1n) is 21.6. The fourth-order valence-corrected chi connectivity index (χ4v) is 9.27. The Bertz CT molecular complexity index is 3260. The zero-order valence-electron chi connectivity index (χ0n) is 36.0. The summed E-state index contributed by atoms with van der Waals surface area (Å²) in [4.78, 5) is 4.88. The van der Waals surface area contributed by atoms with Gasteiger partial charge in [-0.2, -0.15) is 0 Å². The normalized spacial score (nSPS) is 12.4. The molecule has 2 heterocycles. The lowest BCUT2D eigenvalue weighted by molar-refractivity contribution is 0.590. The minimum Gasteiger partial charge on any atom is -0.456 e. The fourth-order valence-electron chi connectivity index (χ4n) is 9.27. The van der Waals surface area contributed by atoms with Crippen molar-refractivity contribution in [2.75, 3.05) is 9.80 Å². The van der Waals surface area contributed by atoms with Crippen LogP contribution in [0.15, 0.2) is 191 Å². The lowest BCUT2D eigenvalue weighted by atomic mass is 9.82. The monoisotopic (exact) mass is 804 g/mol. The molecule has 0 radical (unpaired) electrons. The largest absolute Gasteiger partial charge is 0.456 e. The first-order chi connectivity index (χ1) is 30.0. The van der Waals surface area contributed by atoms with Gasteiger partial charge in [0.25, 0.3) is 0 Å². The molecule has 11 rings (SSSR count). The molecule has 302 valence electrons. The van der Waals surface area contributed by atoms with Gasteiger partial charge in [0.05, 0.1) is 11.4 Å². The second-order valence-corrected chi connectivity index (χ2v) is 18.6. The molecule has 0 fully saturated rings. The average Bonchev–Trinajstić information content (AvgIpc) is 3.84. The molecule has 0 saturated carbocycles. The number of hydrogen-bond donors (Lipinski definition) is 0. The zero-order chi connectivity index (χ0) is 42.3. The summed E-state index contributed by atoms with van der Waals surface area (Å²) in [6, 6.07) is 65.8. The number of para-hydroxylation sites is 4. The number of furan rings is 2. The van der Waals surface area contributed by atoms with Gasteiger partial charge >= 0.3 is 0 Å². The van der Waals surface area contributed by atoms with Crippen LogP contribution in [0.1, 0.15) is 52.7 Å². The van der Waals surface area contributed by atoms with Gasteiger partial charge in [-0.05, 0) is 94.8 Å². The molecule has 11 aromatic rings. The molecule has 0 bridgehead atoms. The Morgan fingerprint density at radius 3 is 1.05 bits per heavy atom. The molecule has 62 heavy (non-hydrogen) atoms. The van der Waals surface area contributed by atoms with Gasteiger partial charge in [-0.15, -0.1) is 0 Å². The summed E-state index contributed by atoms with van der Waals surface area (Å²) in [6.07, 6.45) is 0. The molecule has 0 aliphatic heterocycles. The van der Waals surface area contributed by atoms with Crippen molar-refractivity contribution in [2.24, 2.45) is 0 Å². The van der Waals surface area contributed by atoms with E-state index in [1.807, 2.05) is 12.1 Å². The maximum Gasteiger partial charge on any atom is 0.137 e. The second kappa shape index (κ2) is 14.1. The molecule has 0 unspecified atom stereocenters. The minimum absolute atomic E-state index is 0.104. The van der Waals surface area contributed by atoms with E-state index in [0.29, 0.717) is 0 Å². The Morgan fingerprint density at radius 1 is 0.290 bits per heavy atom. The minimum atomic E-state index is -0.104. The smallest absolute Gasteiger partial charge is 0.137 e. The highest BCUT2D eigenvalue weighted by molar-refractivity contribution is 6.24. The lowest BCUT2D eigenvalue weighted by Crippen LogP contribution is -2.17. The first kappa shape index (κ1) is 37.7. The topological polar surface area (TPSA) is 32.8 Å².